The van der Waals surface area contributed by atoms with Crippen LogP contribution in [0.3, 0.4) is 0 Å². The molecule has 2 saturated heterocycles. The van der Waals surface area contributed by atoms with Gasteiger partial charge in [-0.05, 0) is 55.9 Å². The molecular weight excluding hydrogens is 416 g/mol. The molecule has 4 rings (SSSR count). The summed E-state index contributed by atoms with van der Waals surface area (Å²) in [5, 5.41) is 7.12. The molecule has 1 N–H and O–H groups in total. The van der Waals surface area contributed by atoms with E-state index in [1.807, 2.05) is 4.90 Å². The second-order valence-electron chi connectivity index (χ2n) is 8.50. The lowest BCUT2D eigenvalue weighted by Gasteiger charge is -2.30. The van der Waals surface area contributed by atoms with Crippen LogP contribution in [0.2, 0.25) is 0 Å². The smallest absolute Gasteiger partial charge is 0.271 e. The molecule has 9 heteroatoms. The summed E-state index contributed by atoms with van der Waals surface area (Å²) >= 11 is 0. The SMILES string of the molecule is COc1ccc(-c2cc(C(=O)N3CCC[C@@H](C)C3)[nH]n2)cc1S(=O)(=O)N1CCCCC1. The van der Waals surface area contributed by atoms with Gasteiger partial charge in [-0.15, -0.1) is 0 Å². The molecule has 168 valence electrons. The molecule has 31 heavy (non-hydrogen) atoms. The Balaban J connectivity index is 1.62. The van der Waals surface area contributed by atoms with E-state index >= 15 is 0 Å². The molecule has 1 atom stereocenters. The van der Waals surface area contributed by atoms with Crippen molar-refractivity contribution in [3.63, 3.8) is 0 Å². The van der Waals surface area contributed by atoms with E-state index in [9.17, 15) is 13.2 Å². The van der Waals surface area contributed by atoms with Gasteiger partial charge in [0.25, 0.3) is 5.91 Å². The second kappa shape index (κ2) is 9.00. The molecule has 0 radical (unpaired) electrons. The summed E-state index contributed by atoms with van der Waals surface area (Å²) in [7, 11) is -2.21. The van der Waals surface area contributed by atoms with Crippen LogP contribution in [-0.2, 0) is 10.0 Å². The van der Waals surface area contributed by atoms with Crippen molar-refractivity contribution >= 4 is 15.9 Å². The Morgan fingerprint density at radius 2 is 1.90 bits per heavy atom. The highest BCUT2D eigenvalue weighted by molar-refractivity contribution is 7.89. The number of aromatic nitrogens is 2. The number of amides is 1. The van der Waals surface area contributed by atoms with Gasteiger partial charge in [-0.3, -0.25) is 9.89 Å². The summed E-state index contributed by atoms with van der Waals surface area (Å²) in [6.07, 6.45) is 4.91. The summed E-state index contributed by atoms with van der Waals surface area (Å²) in [4.78, 5) is 14.8. The highest BCUT2D eigenvalue weighted by Gasteiger charge is 2.30. The zero-order valence-electron chi connectivity index (χ0n) is 18.1. The van der Waals surface area contributed by atoms with Gasteiger partial charge in [-0.2, -0.15) is 9.40 Å². The zero-order chi connectivity index (χ0) is 22.0. The summed E-state index contributed by atoms with van der Waals surface area (Å²) in [5.74, 6) is 0.729. The van der Waals surface area contributed by atoms with Crippen LogP contribution >= 0.6 is 0 Å². The number of H-pyrrole nitrogens is 1. The maximum atomic E-state index is 13.3. The lowest BCUT2D eigenvalue weighted by atomic mass is 10.00. The van der Waals surface area contributed by atoms with E-state index in [-0.39, 0.29) is 10.8 Å². The largest absolute Gasteiger partial charge is 0.495 e. The van der Waals surface area contributed by atoms with E-state index in [0.29, 0.717) is 41.7 Å². The molecule has 0 unspecified atom stereocenters. The maximum Gasteiger partial charge on any atom is 0.271 e. The number of nitrogens with zero attached hydrogens (tertiary/aromatic N) is 3. The molecule has 2 aromatic rings. The van der Waals surface area contributed by atoms with Gasteiger partial charge in [-0.25, -0.2) is 8.42 Å². The van der Waals surface area contributed by atoms with Crippen LogP contribution in [0.25, 0.3) is 11.3 Å². The van der Waals surface area contributed by atoms with Gasteiger partial charge >= 0.3 is 0 Å². The Hall–Kier alpha value is -2.39. The van der Waals surface area contributed by atoms with E-state index in [1.165, 1.54) is 11.4 Å². The Kier molecular flexibility index (Phi) is 6.34. The number of hydrogen-bond donors (Lipinski definition) is 1. The number of benzene rings is 1. The van der Waals surface area contributed by atoms with Gasteiger partial charge < -0.3 is 9.64 Å². The Bertz CT molecular complexity index is 1040. The molecule has 0 spiro atoms. The van der Waals surface area contributed by atoms with E-state index in [2.05, 4.69) is 17.1 Å². The molecule has 0 saturated carbocycles. The fourth-order valence-corrected chi connectivity index (χ4v) is 6.10. The number of rotatable bonds is 5. The van der Waals surface area contributed by atoms with Crippen LogP contribution in [-0.4, -0.2) is 67.0 Å². The molecule has 3 heterocycles. The summed E-state index contributed by atoms with van der Waals surface area (Å²) in [6, 6.07) is 6.70. The van der Waals surface area contributed by atoms with Gasteiger partial charge in [0.15, 0.2) is 0 Å². The van der Waals surface area contributed by atoms with Crippen LogP contribution in [0.5, 0.6) is 5.75 Å². The highest BCUT2D eigenvalue weighted by atomic mass is 32.2. The number of carbonyl (C=O) groups excluding carboxylic acids is 1. The average Bonchev–Trinajstić information content (AvgIpc) is 3.29. The molecule has 2 aliphatic heterocycles. The standard InChI is InChI=1S/C22H30N4O4S/c1-16-7-6-10-25(15-16)22(27)19-14-18(23-24-19)17-8-9-20(30-2)21(13-17)31(28,29)26-11-4-3-5-12-26/h8-9,13-14,16H,3-7,10-12,15H2,1-2H3,(H,23,24)/t16-/m1/s1. The van der Waals surface area contributed by atoms with Gasteiger partial charge in [-0.1, -0.05) is 13.3 Å². The van der Waals surface area contributed by atoms with Crippen LogP contribution in [0, 0.1) is 5.92 Å². The van der Waals surface area contributed by atoms with Gasteiger partial charge in [0.2, 0.25) is 10.0 Å². The minimum atomic E-state index is -3.67. The molecule has 2 aliphatic rings. The van der Waals surface area contributed by atoms with Crippen molar-refractivity contribution in [2.75, 3.05) is 33.3 Å². The number of methoxy groups -OCH3 is 1. The number of likely N-dealkylation sites (tertiary alicyclic amines) is 1. The summed E-state index contributed by atoms with van der Waals surface area (Å²) in [5.41, 5.74) is 1.57. The number of carbonyl (C=O) groups is 1. The minimum absolute atomic E-state index is 0.0695. The van der Waals surface area contributed by atoms with Crippen molar-refractivity contribution in [1.82, 2.24) is 19.4 Å². The van der Waals surface area contributed by atoms with E-state index < -0.39 is 10.0 Å². The van der Waals surface area contributed by atoms with Crippen LogP contribution < -0.4 is 4.74 Å². The Morgan fingerprint density at radius 3 is 2.61 bits per heavy atom. The van der Waals surface area contributed by atoms with E-state index in [0.717, 1.165) is 45.2 Å². The predicted molar refractivity (Wildman–Crippen MR) is 117 cm³/mol. The van der Waals surface area contributed by atoms with Gasteiger partial charge in [0.1, 0.15) is 16.3 Å². The van der Waals surface area contributed by atoms with Crippen molar-refractivity contribution in [3.05, 3.63) is 30.0 Å². The van der Waals surface area contributed by atoms with Crippen LogP contribution in [0.4, 0.5) is 0 Å². The Labute approximate surface area is 183 Å². The van der Waals surface area contributed by atoms with Crippen molar-refractivity contribution < 1.29 is 17.9 Å². The van der Waals surface area contributed by atoms with Crippen LogP contribution in [0.1, 0.15) is 49.5 Å². The number of nitrogens with one attached hydrogen (secondary N) is 1. The number of hydrogen-bond acceptors (Lipinski definition) is 5. The average molecular weight is 447 g/mol. The van der Waals surface area contributed by atoms with E-state index in [1.54, 1.807) is 24.3 Å². The summed E-state index contributed by atoms with van der Waals surface area (Å²) in [6.45, 7) is 4.68. The number of ether oxygens (including phenoxy) is 1. The fourth-order valence-electron chi connectivity index (χ4n) is 4.41. The monoisotopic (exact) mass is 446 g/mol. The second-order valence-corrected chi connectivity index (χ2v) is 10.4. The van der Waals surface area contributed by atoms with Crippen molar-refractivity contribution in [3.8, 4) is 17.0 Å². The topological polar surface area (TPSA) is 95.6 Å². The first-order valence-electron chi connectivity index (χ1n) is 10.9. The number of piperidine rings is 2. The van der Waals surface area contributed by atoms with Crippen molar-refractivity contribution in [2.45, 2.75) is 43.9 Å². The highest BCUT2D eigenvalue weighted by Crippen LogP contribution is 2.32. The van der Waals surface area contributed by atoms with E-state index in [4.69, 9.17) is 4.74 Å². The maximum absolute atomic E-state index is 13.3. The third-order valence-corrected chi connectivity index (χ3v) is 8.06. The first-order chi connectivity index (χ1) is 14.9. The third kappa shape index (κ3) is 4.48. The van der Waals surface area contributed by atoms with Crippen molar-refractivity contribution in [2.24, 2.45) is 5.92 Å². The molecule has 8 nitrogen and oxygen atoms in total. The zero-order valence-corrected chi connectivity index (χ0v) is 19.0. The lowest BCUT2D eigenvalue weighted by molar-refractivity contribution is 0.0677. The normalized spacial score (nSPS) is 20.6. The molecule has 1 amide bonds. The van der Waals surface area contributed by atoms with Crippen LogP contribution in [0.15, 0.2) is 29.2 Å². The minimum Gasteiger partial charge on any atom is -0.495 e. The first-order valence-corrected chi connectivity index (χ1v) is 12.4. The molecule has 1 aromatic carbocycles. The molecule has 2 fully saturated rings. The quantitative estimate of drug-likeness (QED) is 0.761. The predicted octanol–water partition coefficient (Wildman–Crippen LogP) is 3.13. The Morgan fingerprint density at radius 1 is 1.13 bits per heavy atom. The van der Waals surface area contributed by atoms with Crippen molar-refractivity contribution in [1.29, 1.82) is 0 Å². The first kappa shape index (κ1) is 21.8. The lowest BCUT2D eigenvalue weighted by Crippen LogP contribution is -2.39. The third-order valence-electron chi connectivity index (χ3n) is 6.14. The molecule has 1 aromatic heterocycles. The van der Waals surface area contributed by atoms with Gasteiger partial charge in [0.05, 0.1) is 12.8 Å². The molecular formula is C22H30N4O4S. The number of aromatic amines is 1. The summed E-state index contributed by atoms with van der Waals surface area (Å²) < 4.78 is 33.4. The fraction of sp³-hybridized carbons (Fsp3) is 0.545. The van der Waals surface area contributed by atoms with Gasteiger partial charge in [0, 0.05) is 31.7 Å². The molecule has 0 aliphatic carbocycles. The molecule has 0 bridgehead atoms. The number of sulfonamides is 1.